The van der Waals surface area contributed by atoms with E-state index in [-0.39, 0.29) is 76.2 Å². The zero-order valence-electron chi connectivity index (χ0n) is 10.2. The standard InChI is InChI=1S/C10H13N5O5.2Na.2H/c11-10-13-7-4(8(19)14-10)12-2-15(7)9-6(18)5(17)3(1-16)20-9;;;;/h2-3,5-6,9,16-18H,1H2,(H3,11,13,14,19);;;;/t3-,5?,6?,9-;;;;/m1..../s1. The number of nitrogens with zero attached hydrogens (tertiary/aromatic N) is 3. The summed E-state index contributed by atoms with van der Waals surface area (Å²) in [7, 11) is 0. The number of fused-ring (bicyclic) bond motifs is 1. The number of aliphatic hydroxyl groups is 3. The van der Waals surface area contributed by atoms with E-state index in [0.717, 1.165) is 0 Å². The Labute approximate surface area is 168 Å². The van der Waals surface area contributed by atoms with Crippen molar-refractivity contribution >= 4 is 76.2 Å². The molecule has 0 bridgehead atoms. The molecule has 0 aromatic carbocycles. The van der Waals surface area contributed by atoms with Crippen LogP contribution in [0.4, 0.5) is 5.95 Å². The van der Waals surface area contributed by atoms with Gasteiger partial charge in [-0.3, -0.25) is 14.3 Å². The Bertz CT molecular complexity index is 707. The van der Waals surface area contributed by atoms with E-state index in [0.29, 0.717) is 0 Å². The summed E-state index contributed by atoms with van der Waals surface area (Å²) in [4.78, 5) is 21.8. The van der Waals surface area contributed by atoms with Gasteiger partial charge in [0.15, 0.2) is 17.4 Å². The summed E-state index contributed by atoms with van der Waals surface area (Å²) < 4.78 is 6.64. The number of hydrogen-bond acceptors (Lipinski definition) is 8. The molecule has 0 spiro atoms. The van der Waals surface area contributed by atoms with Crippen molar-refractivity contribution < 1.29 is 20.1 Å². The summed E-state index contributed by atoms with van der Waals surface area (Å²) in [5.41, 5.74) is 5.12. The minimum atomic E-state index is -1.29. The van der Waals surface area contributed by atoms with Crippen molar-refractivity contribution in [1.29, 1.82) is 0 Å². The van der Waals surface area contributed by atoms with E-state index in [9.17, 15) is 15.0 Å². The first-order valence-corrected chi connectivity index (χ1v) is 5.87. The molecule has 0 aliphatic carbocycles. The first-order valence-electron chi connectivity index (χ1n) is 5.87. The maximum absolute atomic E-state index is 11.7. The van der Waals surface area contributed by atoms with E-state index < -0.39 is 36.7 Å². The third kappa shape index (κ3) is 3.26. The number of aromatic amines is 1. The average molecular weight is 331 g/mol. The van der Waals surface area contributed by atoms with Gasteiger partial charge in [0.1, 0.15) is 18.3 Å². The predicted molar refractivity (Wildman–Crippen MR) is 79.9 cm³/mol. The SMILES string of the molecule is Nc1nc2c(ncn2[C@@H]2O[C@H](CO)C(O)C2O)c(=O)[nH]1.[NaH].[NaH]. The Morgan fingerprint density at radius 3 is 2.64 bits per heavy atom. The zero-order chi connectivity index (χ0) is 14.4. The number of rotatable bonds is 2. The van der Waals surface area contributed by atoms with Gasteiger partial charge < -0.3 is 25.8 Å². The number of ether oxygens (including phenoxy) is 1. The fraction of sp³-hybridized carbons (Fsp3) is 0.500. The van der Waals surface area contributed by atoms with Gasteiger partial charge in [0, 0.05) is 0 Å². The van der Waals surface area contributed by atoms with E-state index in [4.69, 9.17) is 15.6 Å². The normalized spacial score (nSPS) is 27.4. The van der Waals surface area contributed by atoms with E-state index in [1.807, 2.05) is 0 Å². The van der Waals surface area contributed by atoms with Crippen LogP contribution in [0.15, 0.2) is 11.1 Å². The molecule has 1 aliphatic heterocycles. The molecule has 0 amide bonds. The molecular formula is C10H15N5Na2O5. The maximum atomic E-state index is 11.7. The number of aliphatic hydroxyl groups excluding tert-OH is 3. The molecule has 12 heteroatoms. The van der Waals surface area contributed by atoms with Gasteiger partial charge in [-0.1, -0.05) is 0 Å². The van der Waals surface area contributed by atoms with E-state index >= 15 is 0 Å². The molecule has 10 nitrogen and oxygen atoms in total. The van der Waals surface area contributed by atoms with Crippen molar-refractivity contribution in [3.8, 4) is 0 Å². The molecule has 112 valence electrons. The molecule has 0 radical (unpaired) electrons. The van der Waals surface area contributed by atoms with Gasteiger partial charge in [0.25, 0.3) is 5.56 Å². The summed E-state index contributed by atoms with van der Waals surface area (Å²) in [6.45, 7) is -0.447. The summed E-state index contributed by atoms with van der Waals surface area (Å²) in [5.74, 6) is -0.101. The molecule has 1 saturated heterocycles. The Morgan fingerprint density at radius 1 is 1.36 bits per heavy atom. The van der Waals surface area contributed by atoms with Crippen LogP contribution in [0.5, 0.6) is 0 Å². The van der Waals surface area contributed by atoms with Crippen LogP contribution in [0.3, 0.4) is 0 Å². The van der Waals surface area contributed by atoms with Crippen molar-refractivity contribution in [3.05, 3.63) is 16.7 Å². The first kappa shape index (κ1) is 20.0. The summed E-state index contributed by atoms with van der Waals surface area (Å²) in [6.07, 6.45) is -3.21. The van der Waals surface area contributed by atoms with Crippen molar-refractivity contribution in [2.24, 2.45) is 0 Å². The molecule has 3 rings (SSSR count). The second-order valence-electron chi connectivity index (χ2n) is 4.50. The fourth-order valence-electron chi connectivity index (χ4n) is 2.24. The molecule has 2 aromatic rings. The minimum absolute atomic E-state index is 0. The Kier molecular flexibility index (Phi) is 7.02. The number of aromatic nitrogens is 4. The number of imidazole rings is 1. The van der Waals surface area contributed by atoms with Gasteiger partial charge in [-0.2, -0.15) is 4.98 Å². The van der Waals surface area contributed by atoms with Crippen molar-refractivity contribution in [3.63, 3.8) is 0 Å². The third-order valence-corrected chi connectivity index (χ3v) is 3.24. The van der Waals surface area contributed by atoms with Crippen LogP contribution in [-0.4, -0.2) is 119 Å². The van der Waals surface area contributed by atoms with Crippen LogP contribution < -0.4 is 11.3 Å². The number of nitrogen functional groups attached to an aromatic ring is 1. The molecule has 4 atom stereocenters. The average Bonchev–Trinajstić information content (AvgIpc) is 2.93. The number of nitrogens with one attached hydrogen (secondary N) is 1. The van der Waals surface area contributed by atoms with E-state index in [2.05, 4.69) is 15.0 Å². The quantitative estimate of drug-likeness (QED) is 0.348. The molecule has 2 aromatic heterocycles. The molecular weight excluding hydrogens is 316 g/mol. The molecule has 1 aliphatic rings. The monoisotopic (exact) mass is 331 g/mol. The molecule has 0 saturated carbocycles. The van der Waals surface area contributed by atoms with Crippen molar-refractivity contribution in [2.45, 2.75) is 24.5 Å². The molecule has 1 fully saturated rings. The molecule has 2 unspecified atom stereocenters. The van der Waals surface area contributed by atoms with Gasteiger partial charge in [-0.15, -0.1) is 0 Å². The van der Waals surface area contributed by atoms with Crippen LogP contribution in [-0.2, 0) is 4.74 Å². The zero-order valence-corrected chi connectivity index (χ0v) is 10.2. The summed E-state index contributed by atoms with van der Waals surface area (Å²) in [5, 5.41) is 28.7. The Balaban J connectivity index is 0.00000121. The van der Waals surface area contributed by atoms with Crippen LogP contribution >= 0.6 is 0 Å². The van der Waals surface area contributed by atoms with Gasteiger partial charge in [0.2, 0.25) is 5.95 Å². The first-order chi connectivity index (χ1) is 9.52. The van der Waals surface area contributed by atoms with E-state index in [1.165, 1.54) is 10.9 Å². The van der Waals surface area contributed by atoms with Crippen molar-refractivity contribution in [1.82, 2.24) is 19.5 Å². The second-order valence-corrected chi connectivity index (χ2v) is 4.50. The van der Waals surface area contributed by atoms with Gasteiger partial charge in [-0.05, 0) is 0 Å². The Hall–Kier alpha value is -0.0100. The van der Waals surface area contributed by atoms with Crippen molar-refractivity contribution in [2.75, 3.05) is 12.3 Å². The predicted octanol–water partition coefficient (Wildman–Crippen LogP) is -3.98. The second kappa shape index (κ2) is 7.71. The van der Waals surface area contributed by atoms with Crippen LogP contribution in [0.25, 0.3) is 11.2 Å². The number of nitrogens with two attached hydrogens (primary N) is 1. The number of H-pyrrole nitrogens is 1. The van der Waals surface area contributed by atoms with Gasteiger partial charge in [-0.25, -0.2) is 4.98 Å². The molecule has 6 N–H and O–H groups in total. The van der Waals surface area contributed by atoms with Crippen LogP contribution in [0.1, 0.15) is 6.23 Å². The molecule has 3 heterocycles. The Morgan fingerprint density at radius 2 is 2.05 bits per heavy atom. The van der Waals surface area contributed by atoms with Gasteiger partial charge >= 0.3 is 59.1 Å². The van der Waals surface area contributed by atoms with Gasteiger partial charge in [0.05, 0.1) is 12.9 Å². The summed E-state index contributed by atoms with van der Waals surface area (Å²) >= 11 is 0. The fourth-order valence-corrected chi connectivity index (χ4v) is 2.24. The number of anilines is 1. The molecule has 22 heavy (non-hydrogen) atoms. The van der Waals surface area contributed by atoms with Crippen LogP contribution in [0, 0.1) is 0 Å². The third-order valence-electron chi connectivity index (χ3n) is 3.24. The summed E-state index contributed by atoms with van der Waals surface area (Å²) in [6, 6.07) is 0. The number of hydrogen-bond donors (Lipinski definition) is 5. The van der Waals surface area contributed by atoms with Crippen LogP contribution in [0.2, 0.25) is 0 Å². The topological polar surface area (TPSA) is 160 Å². The van der Waals surface area contributed by atoms with E-state index in [1.54, 1.807) is 0 Å².